The molecule has 1 aromatic heterocycles. The summed E-state index contributed by atoms with van der Waals surface area (Å²) >= 11 is 0. The number of ether oxygens (including phenoxy) is 1. The van der Waals surface area contributed by atoms with Gasteiger partial charge in [0, 0.05) is 39.9 Å². The third kappa shape index (κ3) is 5.15. The molecule has 1 fully saturated rings. The van der Waals surface area contributed by atoms with Gasteiger partial charge in [-0.15, -0.1) is 24.0 Å². The number of nitrogens with one attached hydrogen (secondary N) is 1. The van der Waals surface area contributed by atoms with Gasteiger partial charge in [-0.3, -0.25) is 14.5 Å². The van der Waals surface area contributed by atoms with Crippen molar-refractivity contribution >= 4 is 41.5 Å². The fraction of sp³-hybridized carbons (Fsp3) is 0.421. The lowest BCUT2D eigenvalue weighted by atomic mass is 10.1. The number of anilines is 1. The van der Waals surface area contributed by atoms with Crippen LogP contribution in [0.2, 0.25) is 0 Å². The van der Waals surface area contributed by atoms with Gasteiger partial charge in [-0.25, -0.2) is 0 Å². The van der Waals surface area contributed by atoms with Crippen LogP contribution in [-0.2, 0) is 18.4 Å². The molecule has 0 saturated carbocycles. The van der Waals surface area contributed by atoms with Gasteiger partial charge in [0.25, 0.3) is 0 Å². The first-order valence-corrected chi connectivity index (χ1v) is 8.89. The van der Waals surface area contributed by atoms with E-state index in [4.69, 9.17) is 4.74 Å². The van der Waals surface area contributed by atoms with Crippen molar-refractivity contribution in [3.05, 3.63) is 41.7 Å². The molecule has 0 bridgehead atoms. The van der Waals surface area contributed by atoms with Crippen molar-refractivity contribution in [2.45, 2.75) is 13.5 Å². The number of rotatable bonds is 4. The zero-order valence-electron chi connectivity index (χ0n) is 16.7. The summed E-state index contributed by atoms with van der Waals surface area (Å²) in [6.07, 6.45) is 3.57. The van der Waals surface area contributed by atoms with Crippen LogP contribution in [0.25, 0.3) is 0 Å². The normalized spacial score (nSPS) is 14.7. The van der Waals surface area contributed by atoms with E-state index in [9.17, 15) is 4.79 Å². The monoisotopic (exact) mass is 498 g/mol. The van der Waals surface area contributed by atoms with Crippen LogP contribution in [0.5, 0.6) is 5.75 Å². The smallest absolute Gasteiger partial charge is 0.246 e. The molecule has 9 heteroatoms. The molecule has 1 aliphatic rings. The molecule has 28 heavy (non-hydrogen) atoms. The van der Waals surface area contributed by atoms with E-state index in [1.165, 1.54) is 0 Å². The van der Waals surface area contributed by atoms with Crippen LogP contribution in [0, 0.1) is 6.92 Å². The average molecular weight is 498 g/mol. The molecule has 0 radical (unpaired) electrons. The van der Waals surface area contributed by atoms with Crippen LogP contribution < -0.4 is 15.0 Å². The van der Waals surface area contributed by atoms with E-state index >= 15 is 0 Å². The highest BCUT2D eigenvalue weighted by atomic mass is 127. The van der Waals surface area contributed by atoms with Crippen LogP contribution in [0.3, 0.4) is 0 Å². The number of aliphatic imine (C=N–C) groups is 1. The van der Waals surface area contributed by atoms with Gasteiger partial charge < -0.3 is 19.9 Å². The highest BCUT2D eigenvalue weighted by Gasteiger charge is 2.27. The van der Waals surface area contributed by atoms with Gasteiger partial charge in [-0.05, 0) is 30.2 Å². The molecule has 1 aromatic carbocycles. The average Bonchev–Trinajstić information content (AvgIpc) is 3.08. The maximum absolute atomic E-state index is 12.6. The molecule has 0 aliphatic carbocycles. The minimum absolute atomic E-state index is 0. The first kappa shape index (κ1) is 22.0. The maximum atomic E-state index is 12.6. The Kier molecular flexibility index (Phi) is 7.67. The quantitative estimate of drug-likeness (QED) is 0.396. The summed E-state index contributed by atoms with van der Waals surface area (Å²) in [5.41, 5.74) is 3.08. The van der Waals surface area contributed by atoms with E-state index in [2.05, 4.69) is 21.5 Å². The summed E-state index contributed by atoms with van der Waals surface area (Å²) in [5, 5.41) is 7.49. The van der Waals surface area contributed by atoms with E-state index in [1.807, 2.05) is 37.2 Å². The first-order chi connectivity index (χ1) is 13.0. The number of aryl methyl sites for hydroxylation is 2. The highest BCUT2D eigenvalue weighted by molar-refractivity contribution is 14.0. The summed E-state index contributed by atoms with van der Waals surface area (Å²) < 4.78 is 7.03. The van der Waals surface area contributed by atoms with Crippen molar-refractivity contribution in [2.75, 3.05) is 38.7 Å². The topological polar surface area (TPSA) is 75.0 Å². The van der Waals surface area contributed by atoms with Gasteiger partial charge >= 0.3 is 0 Å². The maximum Gasteiger partial charge on any atom is 0.246 e. The third-order valence-electron chi connectivity index (χ3n) is 4.53. The van der Waals surface area contributed by atoms with Crippen molar-refractivity contribution in [3.8, 4) is 5.75 Å². The van der Waals surface area contributed by atoms with Gasteiger partial charge in [0.2, 0.25) is 5.91 Å². The Hall–Kier alpha value is -2.30. The summed E-state index contributed by atoms with van der Waals surface area (Å²) in [6, 6.07) is 6.10. The molecular weight excluding hydrogens is 471 g/mol. The number of carbonyl (C=O) groups is 1. The second-order valence-electron chi connectivity index (χ2n) is 6.60. The van der Waals surface area contributed by atoms with Crippen LogP contribution in [-0.4, -0.2) is 60.3 Å². The second kappa shape index (κ2) is 9.76. The highest BCUT2D eigenvalue weighted by Crippen LogP contribution is 2.17. The summed E-state index contributed by atoms with van der Waals surface area (Å²) in [5.74, 6) is 1.59. The zero-order valence-corrected chi connectivity index (χ0v) is 19.0. The first-order valence-electron chi connectivity index (χ1n) is 8.89. The largest absolute Gasteiger partial charge is 0.497 e. The lowest BCUT2D eigenvalue weighted by Crippen LogP contribution is -2.55. The number of hydrogen-bond donors (Lipinski definition) is 1. The molecular formula is C19H27IN6O2. The van der Waals surface area contributed by atoms with Gasteiger partial charge in [-0.2, -0.15) is 5.10 Å². The Labute approximate surface area is 182 Å². The van der Waals surface area contributed by atoms with Gasteiger partial charge in [-0.1, -0.05) is 6.07 Å². The molecule has 8 nitrogen and oxygen atoms in total. The molecule has 0 unspecified atom stereocenters. The van der Waals surface area contributed by atoms with E-state index in [0.717, 1.165) is 28.5 Å². The molecule has 0 spiro atoms. The number of guanidine groups is 1. The number of amides is 1. The summed E-state index contributed by atoms with van der Waals surface area (Å²) in [4.78, 5) is 20.7. The summed E-state index contributed by atoms with van der Waals surface area (Å²) in [6.45, 7) is 4.24. The van der Waals surface area contributed by atoms with Gasteiger partial charge in [0.1, 0.15) is 12.3 Å². The number of aromatic nitrogens is 2. The fourth-order valence-corrected chi connectivity index (χ4v) is 3.23. The van der Waals surface area contributed by atoms with Crippen molar-refractivity contribution in [1.29, 1.82) is 0 Å². The Balaban J connectivity index is 0.00000280. The Bertz CT molecular complexity index is 851. The number of nitrogens with zero attached hydrogens (tertiary/aromatic N) is 5. The van der Waals surface area contributed by atoms with Gasteiger partial charge in [0.05, 0.1) is 19.0 Å². The number of carbonyl (C=O) groups excluding carboxylic acids is 1. The number of piperazine rings is 1. The number of benzene rings is 1. The summed E-state index contributed by atoms with van der Waals surface area (Å²) in [7, 11) is 5.24. The van der Waals surface area contributed by atoms with Crippen molar-refractivity contribution in [2.24, 2.45) is 12.0 Å². The van der Waals surface area contributed by atoms with E-state index in [0.29, 0.717) is 19.6 Å². The van der Waals surface area contributed by atoms with Crippen LogP contribution in [0.1, 0.15) is 11.1 Å². The standard InChI is InChI=1S/C19H26N6O2.HI/c1-14-7-15(9-17(8-14)27-4)10-21-19(20-2)24-5-6-25(18(26)13-24)16-11-22-23(3)12-16;/h7-9,11-12H,5-6,10,13H2,1-4H3,(H,20,21);1H. The van der Waals surface area contributed by atoms with Crippen molar-refractivity contribution < 1.29 is 9.53 Å². The molecule has 3 rings (SSSR count). The molecule has 152 valence electrons. The number of hydrogen-bond acceptors (Lipinski definition) is 4. The molecule has 1 N–H and O–H groups in total. The molecule has 2 heterocycles. The van der Waals surface area contributed by atoms with E-state index in [1.54, 1.807) is 29.9 Å². The number of halogens is 1. The molecule has 1 saturated heterocycles. The predicted molar refractivity (Wildman–Crippen MR) is 120 cm³/mol. The predicted octanol–water partition coefficient (Wildman–Crippen LogP) is 1.78. The van der Waals surface area contributed by atoms with Crippen molar-refractivity contribution in [1.82, 2.24) is 20.0 Å². The minimum atomic E-state index is 0. The lowest BCUT2D eigenvalue weighted by molar-refractivity contribution is -0.120. The van der Waals surface area contributed by atoms with Crippen LogP contribution in [0.4, 0.5) is 5.69 Å². The van der Waals surface area contributed by atoms with Crippen LogP contribution in [0.15, 0.2) is 35.6 Å². The molecule has 2 aromatic rings. The minimum Gasteiger partial charge on any atom is -0.497 e. The zero-order chi connectivity index (χ0) is 19.4. The Morgan fingerprint density at radius 1 is 1.32 bits per heavy atom. The second-order valence-corrected chi connectivity index (χ2v) is 6.60. The van der Waals surface area contributed by atoms with Crippen LogP contribution >= 0.6 is 24.0 Å². The Morgan fingerprint density at radius 3 is 2.71 bits per heavy atom. The fourth-order valence-electron chi connectivity index (χ4n) is 3.23. The lowest BCUT2D eigenvalue weighted by Gasteiger charge is -2.35. The van der Waals surface area contributed by atoms with Crippen molar-refractivity contribution in [3.63, 3.8) is 0 Å². The Morgan fingerprint density at radius 2 is 2.11 bits per heavy atom. The van der Waals surface area contributed by atoms with E-state index in [-0.39, 0.29) is 36.4 Å². The molecule has 0 atom stereocenters. The molecule has 1 amide bonds. The van der Waals surface area contributed by atoms with Gasteiger partial charge in [0.15, 0.2) is 5.96 Å². The molecule has 1 aliphatic heterocycles. The third-order valence-corrected chi connectivity index (χ3v) is 4.53. The number of methoxy groups -OCH3 is 1. The SMILES string of the molecule is CN=C(NCc1cc(C)cc(OC)c1)N1CCN(c2cnn(C)c2)C(=O)C1.I. The van der Waals surface area contributed by atoms with E-state index < -0.39 is 0 Å².